The molecule has 2 aromatic rings. The van der Waals surface area contributed by atoms with Gasteiger partial charge >= 0.3 is 0 Å². The van der Waals surface area contributed by atoms with Crippen LogP contribution in [0.15, 0.2) is 35.5 Å². The van der Waals surface area contributed by atoms with E-state index in [0.29, 0.717) is 23.7 Å². The van der Waals surface area contributed by atoms with Crippen molar-refractivity contribution in [3.63, 3.8) is 0 Å². The quantitative estimate of drug-likeness (QED) is 0.832. The van der Waals surface area contributed by atoms with E-state index in [4.69, 9.17) is 5.73 Å². The fourth-order valence-electron chi connectivity index (χ4n) is 1.69. The van der Waals surface area contributed by atoms with Crippen LogP contribution in [0, 0.1) is 6.92 Å². The maximum Gasteiger partial charge on any atom is 0.280 e. The Morgan fingerprint density at radius 2 is 1.95 bits per heavy atom. The third kappa shape index (κ3) is 2.87. The number of aromatic nitrogens is 2. The SMILES string of the molecule is CCn1cc(S(=O)(=O)Nc2ccc(N)cc2)nc1C. The van der Waals surface area contributed by atoms with Crippen LogP contribution in [0.25, 0.3) is 0 Å². The molecule has 19 heavy (non-hydrogen) atoms. The Balaban J connectivity index is 2.29. The van der Waals surface area contributed by atoms with Gasteiger partial charge in [-0.25, -0.2) is 4.98 Å². The predicted molar refractivity (Wildman–Crippen MR) is 74.3 cm³/mol. The molecule has 102 valence electrons. The molecular weight excluding hydrogens is 264 g/mol. The smallest absolute Gasteiger partial charge is 0.280 e. The number of nitrogens with one attached hydrogen (secondary N) is 1. The number of aryl methyl sites for hydroxylation is 2. The predicted octanol–water partition coefficient (Wildman–Crippen LogP) is 1.59. The first-order valence-corrected chi connectivity index (χ1v) is 7.33. The number of nitrogens with zero attached hydrogens (tertiary/aromatic N) is 2. The van der Waals surface area contributed by atoms with E-state index in [1.54, 1.807) is 35.8 Å². The van der Waals surface area contributed by atoms with Gasteiger partial charge in [0, 0.05) is 24.1 Å². The maximum atomic E-state index is 12.1. The van der Waals surface area contributed by atoms with Crippen LogP contribution in [0.5, 0.6) is 0 Å². The zero-order valence-corrected chi connectivity index (χ0v) is 11.6. The lowest BCUT2D eigenvalue weighted by atomic mass is 10.3. The maximum absolute atomic E-state index is 12.1. The summed E-state index contributed by atoms with van der Waals surface area (Å²) in [6.45, 7) is 4.38. The van der Waals surface area contributed by atoms with Crippen LogP contribution >= 0.6 is 0 Å². The summed E-state index contributed by atoms with van der Waals surface area (Å²) in [5, 5.41) is 0.0173. The summed E-state index contributed by atoms with van der Waals surface area (Å²) < 4.78 is 28.5. The van der Waals surface area contributed by atoms with E-state index in [1.165, 1.54) is 6.20 Å². The molecule has 0 atom stereocenters. The van der Waals surface area contributed by atoms with Crippen molar-refractivity contribution in [1.82, 2.24) is 9.55 Å². The number of hydrogen-bond acceptors (Lipinski definition) is 4. The first kappa shape index (κ1) is 13.4. The monoisotopic (exact) mass is 280 g/mol. The van der Waals surface area contributed by atoms with Gasteiger partial charge in [-0.3, -0.25) is 4.72 Å². The number of hydrogen-bond donors (Lipinski definition) is 2. The molecule has 1 heterocycles. The molecule has 0 unspecified atom stereocenters. The third-order valence-corrected chi connectivity index (χ3v) is 3.98. The van der Waals surface area contributed by atoms with E-state index in [9.17, 15) is 8.42 Å². The van der Waals surface area contributed by atoms with Gasteiger partial charge in [0.25, 0.3) is 10.0 Å². The van der Waals surface area contributed by atoms with Crippen LogP contribution in [-0.4, -0.2) is 18.0 Å². The van der Waals surface area contributed by atoms with E-state index in [0.717, 1.165) is 0 Å². The van der Waals surface area contributed by atoms with Gasteiger partial charge in [0.2, 0.25) is 0 Å². The molecule has 0 amide bonds. The summed E-state index contributed by atoms with van der Waals surface area (Å²) >= 11 is 0. The number of rotatable bonds is 4. The van der Waals surface area contributed by atoms with Crippen LogP contribution in [-0.2, 0) is 16.6 Å². The minimum atomic E-state index is -3.66. The molecule has 1 aromatic heterocycles. The minimum absolute atomic E-state index is 0.0173. The number of nitrogen functional groups attached to an aromatic ring is 1. The molecule has 0 saturated heterocycles. The van der Waals surface area contributed by atoms with Crippen LogP contribution in [0.1, 0.15) is 12.7 Å². The average Bonchev–Trinajstić information content (AvgIpc) is 2.74. The Hall–Kier alpha value is -2.02. The summed E-state index contributed by atoms with van der Waals surface area (Å²) in [5.41, 5.74) is 6.58. The van der Waals surface area contributed by atoms with Crippen LogP contribution in [0.3, 0.4) is 0 Å². The second-order valence-electron chi connectivity index (χ2n) is 4.14. The highest BCUT2D eigenvalue weighted by Gasteiger charge is 2.18. The summed E-state index contributed by atoms with van der Waals surface area (Å²) in [7, 11) is -3.66. The molecule has 7 heteroatoms. The van der Waals surface area contributed by atoms with Crippen molar-refractivity contribution >= 4 is 21.4 Å². The van der Waals surface area contributed by atoms with Gasteiger partial charge in [0.1, 0.15) is 5.82 Å². The van der Waals surface area contributed by atoms with Crippen LogP contribution < -0.4 is 10.5 Å². The molecule has 2 rings (SSSR count). The van der Waals surface area contributed by atoms with Crippen LogP contribution in [0.4, 0.5) is 11.4 Å². The summed E-state index contributed by atoms with van der Waals surface area (Å²) in [6.07, 6.45) is 1.52. The van der Waals surface area contributed by atoms with Gasteiger partial charge in [-0.05, 0) is 38.1 Å². The van der Waals surface area contributed by atoms with Crippen molar-refractivity contribution in [3.8, 4) is 0 Å². The Morgan fingerprint density at radius 3 is 2.47 bits per heavy atom. The van der Waals surface area contributed by atoms with Crippen LogP contribution in [0.2, 0.25) is 0 Å². The number of nitrogens with two attached hydrogens (primary N) is 1. The molecule has 3 N–H and O–H groups in total. The van der Waals surface area contributed by atoms with Crippen molar-refractivity contribution in [3.05, 3.63) is 36.3 Å². The van der Waals surface area contributed by atoms with Crippen molar-refractivity contribution in [2.75, 3.05) is 10.5 Å². The number of benzene rings is 1. The Bertz CT molecular complexity index is 674. The molecule has 1 aromatic carbocycles. The topological polar surface area (TPSA) is 90.0 Å². The molecule has 0 saturated carbocycles. The van der Waals surface area contributed by atoms with Gasteiger partial charge in [0.15, 0.2) is 5.03 Å². The van der Waals surface area contributed by atoms with E-state index in [2.05, 4.69) is 9.71 Å². The molecule has 0 aliphatic rings. The summed E-state index contributed by atoms with van der Waals surface area (Å²) in [4.78, 5) is 4.05. The average molecular weight is 280 g/mol. The van der Waals surface area contributed by atoms with Gasteiger partial charge in [0.05, 0.1) is 0 Å². The molecule has 0 bridgehead atoms. The van der Waals surface area contributed by atoms with Crippen molar-refractivity contribution in [2.45, 2.75) is 25.4 Å². The number of anilines is 2. The highest BCUT2D eigenvalue weighted by molar-refractivity contribution is 7.92. The zero-order valence-electron chi connectivity index (χ0n) is 10.8. The molecule has 0 aliphatic carbocycles. The molecule has 0 spiro atoms. The molecular formula is C12H16N4O2S. The third-order valence-electron chi connectivity index (χ3n) is 2.73. The first-order valence-electron chi connectivity index (χ1n) is 5.84. The lowest BCUT2D eigenvalue weighted by Gasteiger charge is -2.05. The fourth-order valence-corrected chi connectivity index (χ4v) is 2.76. The number of sulfonamides is 1. The fraction of sp³-hybridized carbons (Fsp3) is 0.250. The van der Waals surface area contributed by atoms with Crippen molar-refractivity contribution in [1.29, 1.82) is 0 Å². The standard InChI is InChI=1S/C12H16N4O2S/c1-3-16-8-12(14-9(16)2)19(17,18)15-11-6-4-10(13)5-7-11/h4-8,15H,3,13H2,1-2H3. The molecule has 0 radical (unpaired) electrons. The van der Waals surface area contributed by atoms with E-state index in [1.807, 2.05) is 6.92 Å². The Kier molecular flexibility index (Phi) is 3.48. The lowest BCUT2D eigenvalue weighted by Crippen LogP contribution is -2.13. The van der Waals surface area contributed by atoms with Gasteiger partial charge in [-0.1, -0.05) is 0 Å². The van der Waals surface area contributed by atoms with E-state index in [-0.39, 0.29) is 5.03 Å². The zero-order chi connectivity index (χ0) is 14.0. The minimum Gasteiger partial charge on any atom is -0.399 e. The molecule has 0 fully saturated rings. The normalized spacial score (nSPS) is 11.5. The molecule has 6 nitrogen and oxygen atoms in total. The van der Waals surface area contributed by atoms with E-state index >= 15 is 0 Å². The van der Waals surface area contributed by atoms with Crippen molar-refractivity contribution < 1.29 is 8.42 Å². The van der Waals surface area contributed by atoms with E-state index < -0.39 is 10.0 Å². The second kappa shape index (κ2) is 4.93. The molecule has 0 aliphatic heterocycles. The Morgan fingerprint density at radius 1 is 1.32 bits per heavy atom. The summed E-state index contributed by atoms with van der Waals surface area (Å²) in [6, 6.07) is 6.48. The largest absolute Gasteiger partial charge is 0.399 e. The Labute approximate surface area is 112 Å². The lowest BCUT2D eigenvalue weighted by molar-refractivity contribution is 0.598. The van der Waals surface area contributed by atoms with Gasteiger partial charge in [-0.2, -0.15) is 8.42 Å². The highest BCUT2D eigenvalue weighted by atomic mass is 32.2. The van der Waals surface area contributed by atoms with Gasteiger partial charge in [-0.15, -0.1) is 0 Å². The number of imidazole rings is 1. The van der Waals surface area contributed by atoms with Crippen molar-refractivity contribution in [2.24, 2.45) is 0 Å². The second-order valence-corrected chi connectivity index (χ2v) is 5.77. The first-order chi connectivity index (χ1) is 8.92. The highest BCUT2D eigenvalue weighted by Crippen LogP contribution is 2.17. The van der Waals surface area contributed by atoms with Gasteiger partial charge < -0.3 is 10.3 Å². The summed E-state index contributed by atoms with van der Waals surface area (Å²) in [5.74, 6) is 0.667.